The maximum absolute atomic E-state index is 11.7. The van der Waals surface area contributed by atoms with Crippen LogP contribution >= 0.6 is 11.8 Å². The molecule has 1 aromatic rings. The van der Waals surface area contributed by atoms with Gasteiger partial charge >= 0.3 is 12.1 Å². The molecule has 0 spiro atoms. The lowest BCUT2D eigenvalue weighted by atomic mass is 10.7. The van der Waals surface area contributed by atoms with E-state index < -0.39 is 12.1 Å². The normalized spacial score (nSPS) is 12.0. The van der Waals surface area contributed by atoms with E-state index in [-0.39, 0.29) is 5.22 Å². The first kappa shape index (κ1) is 8.38. The van der Waals surface area contributed by atoms with Gasteiger partial charge in [-0.05, 0) is 6.26 Å². The smallest absolute Gasteiger partial charge is 0.408 e. The van der Waals surface area contributed by atoms with Crippen LogP contribution in [0.25, 0.3) is 0 Å². The highest BCUT2D eigenvalue weighted by atomic mass is 32.2. The zero-order valence-electron chi connectivity index (χ0n) is 5.34. The minimum atomic E-state index is -4.54. The number of alkyl halides is 3. The van der Waals surface area contributed by atoms with Crippen molar-refractivity contribution in [3.8, 4) is 0 Å². The Balaban J connectivity index is 2.89. The van der Waals surface area contributed by atoms with Gasteiger partial charge in [0.1, 0.15) is 0 Å². The average Bonchev–Trinajstić information content (AvgIpc) is 2.32. The number of thioether (sulfide) groups is 1. The first-order valence-corrected chi connectivity index (χ1v) is 3.71. The maximum atomic E-state index is 11.7. The number of hydrogen-bond donors (Lipinski definition) is 0. The number of rotatable bonds is 1. The molecule has 0 aromatic carbocycles. The molecule has 1 heterocycles. The summed E-state index contributed by atoms with van der Waals surface area (Å²) >= 11 is 0.965. The molecule has 0 radical (unpaired) electrons. The van der Waals surface area contributed by atoms with Crippen LogP contribution < -0.4 is 0 Å². The summed E-state index contributed by atoms with van der Waals surface area (Å²) in [5, 5.41) is 5.84. The van der Waals surface area contributed by atoms with Gasteiger partial charge in [-0.25, -0.2) is 0 Å². The first-order chi connectivity index (χ1) is 5.04. The van der Waals surface area contributed by atoms with Gasteiger partial charge in [0.25, 0.3) is 5.22 Å². The second-order valence-electron chi connectivity index (χ2n) is 1.58. The first-order valence-electron chi connectivity index (χ1n) is 2.48. The Kier molecular flexibility index (Phi) is 2.08. The third kappa shape index (κ3) is 1.86. The largest absolute Gasteiger partial charge is 0.470 e. The van der Waals surface area contributed by atoms with Crippen molar-refractivity contribution in [2.45, 2.75) is 11.4 Å². The van der Waals surface area contributed by atoms with Gasteiger partial charge in [-0.15, -0.1) is 10.2 Å². The van der Waals surface area contributed by atoms with Gasteiger partial charge in [-0.1, -0.05) is 11.8 Å². The van der Waals surface area contributed by atoms with Crippen LogP contribution in [0.4, 0.5) is 13.2 Å². The van der Waals surface area contributed by atoms with Crippen molar-refractivity contribution >= 4 is 11.8 Å². The van der Waals surface area contributed by atoms with Crippen LogP contribution in [-0.2, 0) is 6.18 Å². The number of aromatic nitrogens is 2. The van der Waals surface area contributed by atoms with Gasteiger partial charge in [0.15, 0.2) is 0 Å². The zero-order valence-corrected chi connectivity index (χ0v) is 6.16. The van der Waals surface area contributed by atoms with Gasteiger partial charge in [0.05, 0.1) is 0 Å². The van der Waals surface area contributed by atoms with Crippen LogP contribution in [0.15, 0.2) is 9.64 Å². The van der Waals surface area contributed by atoms with Crippen molar-refractivity contribution in [2.24, 2.45) is 0 Å². The Morgan fingerprint density at radius 2 is 2.00 bits per heavy atom. The molecule has 1 rings (SSSR count). The molecule has 0 amide bonds. The molecule has 0 saturated carbocycles. The van der Waals surface area contributed by atoms with Gasteiger partial charge in [-0.2, -0.15) is 13.2 Å². The Morgan fingerprint density at radius 3 is 2.27 bits per heavy atom. The minimum absolute atomic E-state index is 0.0858. The Labute approximate surface area is 64.0 Å². The van der Waals surface area contributed by atoms with E-state index >= 15 is 0 Å². The van der Waals surface area contributed by atoms with Crippen molar-refractivity contribution in [1.29, 1.82) is 0 Å². The maximum Gasteiger partial charge on any atom is 0.470 e. The second-order valence-corrected chi connectivity index (χ2v) is 2.33. The molecule has 62 valence electrons. The minimum Gasteiger partial charge on any atom is -0.408 e. The second kappa shape index (κ2) is 2.72. The van der Waals surface area contributed by atoms with Crippen LogP contribution in [0, 0.1) is 0 Å². The molecule has 0 fully saturated rings. The van der Waals surface area contributed by atoms with Crippen molar-refractivity contribution in [1.82, 2.24) is 10.2 Å². The standard InChI is InChI=1S/C4H3F3N2OS/c1-11-3-9-8-2(10-3)4(5,6)7/h1H3. The van der Waals surface area contributed by atoms with Crippen LogP contribution in [0.2, 0.25) is 0 Å². The number of halogens is 3. The van der Waals surface area contributed by atoms with E-state index in [1.54, 1.807) is 6.26 Å². The van der Waals surface area contributed by atoms with E-state index in [1.807, 2.05) is 0 Å². The molecule has 0 atom stereocenters. The summed E-state index contributed by atoms with van der Waals surface area (Å²) in [6, 6.07) is 0. The predicted octanol–water partition coefficient (Wildman–Crippen LogP) is 1.81. The fraction of sp³-hybridized carbons (Fsp3) is 0.500. The quantitative estimate of drug-likeness (QED) is 0.624. The number of nitrogens with zero attached hydrogens (tertiary/aromatic N) is 2. The van der Waals surface area contributed by atoms with Gasteiger partial charge in [0, 0.05) is 0 Å². The number of hydrogen-bond acceptors (Lipinski definition) is 4. The Bertz CT molecular complexity index is 246. The van der Waals surface area contributed by atoms with Crippen LogP contribution in [0.5, 0.6) is 0 Å². The topological polar surface area (TPSA) is 38.9 Å². The summed E-state index contributed by atoms with van der Waals surface area (Å²) in [7, 11) is 0. The average molecular weight is 184 g/mol. The summed E-state index contributed by atoms with van der Waals surface area (Å²) in [4.78, 5) is 0. The van der Waals surface area contributed by atoms with Crippen LogP contribution in [0.3, 0.4) is 0 Å². The molecule has 0 aliphatic carbocycles. The van der Waals surface area contributed by atoms with Crippen LogP contribution in [-0.4, -0.2) is 16.5 Å². The molecule has 0 bridgehead atoms. The van der Waals surface area contributed by atoms with Gasteiger partial charge in [-0.3, -0.25) is 0 Å². The zero-order chi connectivity index (χ0) is 8.48. The summed E-state index contributed by atoms with van der Waals surface area (Å²) in [5.74, 6) is -1.30. The van der Waals surface area contributed by atoms with Crippen molar-refractivity contribution < 1.29 is 17.6 Å². The van der Waals surface area contributed by atoms with Crippen molar-refractivity contribution in [2.75, 3.05) is 6.26 Å². The molecule has 0 aliphatic heterocycles. The lowest BCUT2D eigenvalue weighted by molar-refractivity contribution is -0.158. The lowest BCUT2D eigenvalue weighted by Gasteiger charge is -1.96. The SMILES string of the molecule is CSc1nnc(C(F)(F)F)o1. The lowest BCUT2D eigenvalue weighted by Crippen LogP contribution is -2.04. The van der Waals surface area contributed by atoms with E-state index in [4.69, 9.17) is 0 Å². The van der Waals surface area contributed by atoms with Crippen molar-refractivity contribution in [3.63, 3.8) is 0 Å². The van der Waals surface area contributed by atoms with E-state index in [1.165, 1.54) is 0 Å². The molecular formula is C4H3F3N2OS. The third-order valence-electron chi connectivity index (χ3n) is 0.824. The Morgan fingerprint density at radius 1 is 1.36 bits per heavy atom. The van der Waals surface area contributed by atoms with E-state index in [2.05, 4.69) is 14.6 Å². The van der Waals surface area contributed by atoms with Crippen molar-refractivity contribution in [3.05, 3.63) is 5.89 Å². The Hall–Kier alpha value is -0.720. The molecule has 11 heavy (non-hydrogen) atoms. The monoisotopic (exact) mass is 184 g/mol. The predicted molar refractivity (Wildman–Crippen MR) is 31.1 cm³/mol. The van der Waals surface area contributed by atoms with Crippen LogP contribution in [0.1, 0.15) is 5.89 Å². The molecule has 0 unspecified atom stereocenters. The molecule has 0 aliphatic rings. The van der Waals surface area contributed by atoms with E-state index in [9.17, 15) is 13.2 Å². The fourth-order valence-electron chi connectivity index (χ4n) is 0.407. The summed E-state index contributed by atoms with van der Waals surface area (Å²) in [5.41, 5.74) is 0. The fourth-order valence-corrected chi connectivity index (χ4v) is 0.692. The molecule has 3 nitrogen and oxygen atoms in total. The highest BCUT2D eigenvalue weighted by Gasteiger charge is 2.37. The van der Waals surface area contributed by atoms with E-state index in [0.29, 0.717) is 0 Å². The summed E-state index contributed by atoms with van der Waals surface area (Å²) < 4.78 is 39.4. The van der Waals surface area contributed by atoms with Gasteiger partial charge in [0.2, 0.25) is 0 Å². The molecule has 7 heteroatoms. The van der Waals surface area contributed by atoms with E-state index in [0.717, 1.165) is 11.8 Å². The molecule has 0 saturated heterocycles. The molecule has 1 aromatic heterocycles. The highest BCUT2D eigenvalue weighted by Crippen LogP contribution is 2.29. The highest BCUT2D eigenvalue weighted by molar-refractivity contribution is 7.98. The summed E-state index contributed by atoms with van der Waals surface area (Å²) in [6.45, 7) is 0. The summed E-state index contributed by atoms with van der Waals surface area (Å²) in [6.07, 6.45) is -2.99. The van der Waals surface area contributed by atoms with Gasteiger partial charge < -0.3 is 4.42 Å². The third-order valence-corrected chi connectivity index (χ3v) is 1.34. The molecule has 0 N–H and O–H groups in total. The molecular weight excluding hydrogens is 181 g/mol.